The van der Waals surface area contributed by atoms with Gasteiger partial charge < -0.3 is 143 Å². The van der Waals surface area contributed by atoms with Crippen LogP contribution < -0.4 is 133 Å². The lowest BCUT2D eigenvalue weighted by molar-refractivity contribution is -0.123. The number of unbranched alkanes of at least 4 members (excludes halogenated alkanes) is 5. The number of aliphatic imine (C=N–C) groups is 3. The Kier molecular flexibility index (Phi) is 77.0. The molecule has 0 saturated carbocycles. The SMILES string of the molecule is CC(=O)NCCN(CCCCCN=C(N)CCCSSCCCC(=N)CCCNCCN(CCNC(C)=O)CCN(CCCCCN(CN)CCNC(=O)C(N)CCCN=C(N)N)CCNCCNC(=O)C(N)CCNC(N)N)CCN(CCNCCCC(=O)C(N)CCCCC(=N)N)CCNCCN(CCN)CCNC(=O)C(N)CCCN=C(N)N. The second kappa shape index (κ2) is 80.9. The second-order valence-corrected chi connectivity index (χ2v) is 33.8. The number of guanidine groups is 2. The second-order valence-electron chi connectivity index (χ2n) is 31.1. The predicted octanol–water partition coefficient (Wildman–Crippen LogP) is -5.47. The molecule has 0 heterocycles. The third-order valence-corrected chi connectivity index (χ3v) is 22.8. The van der Waals surface area contributed by atoms with Gasteiger partial charge in [0, 0.05) is 247 Å². The topological polar surface area (TPSA) is 691 Å². The number of nitrogens with two attached hydrogens (primary N) is 14. The first-order chi connectivity index (χ1) is 58.6. The van der Waals surface area contributed by atoms with Gasteiger partial charge in [-0.15, -0.1) is 0 Å². The fourth-order valence-electron chi connectivity index (χ4n) is 12.9. The van der Waals surface area contributed by atoms with Crippen molar-refractivity contribution in [1.29, 1.82) is 10.8 Å². The highest BCUT2D eigenvalue weighted by Gasteiger charge is 2.20. The normalized spacial score (nSPS) is 12.8. The summed E-state index contributed by atoms with van der Waals surface area (Å²) in [6.45, 7) is 27.4. The number of nitrogens with one attached hydrogen (secondary N) is 12. The van der Waals surface area contributed by atoms with Crippen molar-refractivity contribution in [2.75, 3.05) is 247 Å². The van der Waals surface area contributed by atoms with E-state index in [-0.39, 0.29) is 53.1 Å². The molecule has 4 atom stereocenters. The molecular formula is C79H173N35O6S2. The number of ketones is 1. The highest BCUT2D eigenvalue weighted by atomic mass is 33.1. The number of amidine groups is 2. The predicted molar refractivity (Wildman–Crippen MR) is 505 cm³/mol. The molecule has 0 aliphatic carbocycles. The van der Waals surface area contributed by atoms with Crippen LogP contribution in [0, 0.1) is 10.8 Å². The van der Waals surface area contributed by atoms with Crippen LogP contribution in [0.15, 0.2) is 15.0 Å². The highest BCUT2D eigenvalue weighted by molar-refractivity contribution is 8.76. The van der Waals surface area contributed by atoms with E-state index >= 15 is 0 Å². The van der Waals surface area contributed by atoms with Crippen molar-refractivity contribution >= 4 is 86.2 Å². The summed E-state index contributed by atoms with van der Waals surface area (Å²) in [5.74, 6) is 2.13. The molecule has 0 aliphatic heterocycles. The van der Waals surface area contributed by atoms with Gasteiger partial charge in [0.1, 0.15) is 12.1 Å². The van der Waals surface area contributed by atoms with Gasteiger partial charge in [0.05, 0.1) is 35.8 Å². The third-order valence-electron chi connectivity index (χ3n) is 20.2. The zero-order valence-electron chi connectivity index (χ0n) is 74.9. The molecule has 4 unspecified atom stereocenters. The van der Waals surface area contributed by atoms with E-state index in [9.17, 15) is 28.8 Å². The summed E-state index contributed by atoms with van der Waals surface area (Å²) in [5.41, 5.74) is 81.8. The molecule has 0 saturated heterocycles. The number of Topliss-reactive ketones (excluding diaryl/α,β-unsaturated/α-hetero) is 1. The largest absolute Gasteiger partial charge is 0.388 e. The summed E-state index contributed by atoms with van der Waals surface area (Å²) in [4.78, 5) is 101. The molecule has 43 heteroatoms. The Balaban J connectivity index is 5.19. The van der Waals surface area contributed by atoms with Crippen molar-refractivity contribution in [3.63, 3.8) is 0 Å². The lowest BCUT2D eigenvalue weighted by atomic mass is 10.0. The van der Waals surface area contributed by atoms with E-state index in [0.29, 0.717) is 175 Å². The van der Waals surface area contributed by atoms with Crippen LogP contribution in [0.3, 0.4) is 0 Å². The molecular weight excluding hydrogens is 1600 g/mol. The van der Waals surface area contributed by atoms with Crippen LogP contribution in [0.5, 0.6) is 0 Å². The minimum Gasteiger partial charge on any atom is -0.388 e. The Labute approximate surface area is 739 Å². The van der Waals surface area contributed by atoms with Crippen LogP contribution in [-0.4, -0.2) is 372 Å². The van der Waals surface area contributed by atoms with Gasteiger partial charge in [-0.25, -0.2) is 0 Å². The number of carbonyl (C=O) groups excluding carboxylic acids is 6. The zero-order chi connectivity index (χ0) is 90.4. The molecule has 0 fully saturated rings. The van der Waals surface area contributed by atoms with E-state index in [1.54, 1.807) is 6.92 Å². The number of nitrogens with zero attached hydrogens (tertiary/aromatic N) is 9. The first-order valence-corrected chi connectivity index (χ1v) is 47.4. The van der Waals surface area contributed by atoms with Gasteiger partial charge in [-0.05, 0) is 148 Å². The summed E-state index contributed by atoms with van der Waals surface area (Å²) in [6.07, 6.45) is 16.6. The summed E-state index contributed by atoms with van der Waals surface area (Å²) in [7, 11) is 3.71. The fourth-order valence-corrected chi connectivity index (χ4v) is 15.1. The molecule has 0 aromatic rings. The molecule has 712 valence electrons. The Morgan fingerprint density at radius 2 is 0.721 bits per heavy atom. The van der Waals surface area contributed by atoms with E-state index in [4.69, 9.17) is 96.1 Å². The maximum atomic E-state index is 12.8. The average Bonchev–Trinajstić information content (AvgIpc) is 0.963. The van der Waals surface area contributed by atoms with E-state index in [2.05, 4.69) is 92.6 Å². The van der Waals surface area contributed by atoms with Crippen molar-refractivity contribution < 1.29 is 28.8 Å². The van der Waals surface area contributed by atoms with Crippen LogP contribution in [0.25, 0.3) is 0 Å². The van der Waals surface area contributed by atoms with Crippen molar-refractivity contribution in [2.24, 2.45) is 95.2 Å². The molecule has 5 amide bonds. The Bertz CT molecular complexity index is 2750. The van der Waals surface area contributed by atoms with Gasteiger partial charge in [-0.2, -0.15) is 0 Å². The standard InChI is InChI=1S/C79H173N35O6S2/c1-64(115)100-40-53-110(58-59-112(50-35-97-28-14-22-71(117)67(83)19-5-6-23-72(87)88)52-39-99-38-49-111(47-26-80)55-42-104-74(118)68(84)20-12-30-106-77(90)91)44-8-3-7-29-102-73(89)24-16-62-122-121-61-15-18-66(82)17-11-27-96-36-51-113(54-41-101-65(2)116)60-57-109(48-37-98-33-34-103-76(120)70(86)25-32-108-79(94)95)45-9-4-10-46-114(63-81)56-43-105-75(119)69(85)21-13-31-107-78(92)93/h67-70,79,82,96-99,108H,3-63,80-81,83-86,94-95H2,1-2H3,(H3,87,88)(H2,89,102)(H,100,115)(H,101,116)(H,103,120)(H,104,118)(H,105,119)(H4,90,91,106)(H4,92,93,107). The van der Waals surface area contributed by atoms with Gasteiger partial charge in [-0.3, -0.25) is 74.1 Å². The molecule has 0 bridgehead atoms. The smallest absolute Gasteiger partial charge is 0.237 e. The highest BCUT2D eigenvalue weighted by Crippen LogP contribution is 2.24. The number of amides is 5. The molecule has 40 N–H and O–H groups in total. The lowest BCUT2D eigenvalue weighted by Crippen LogP contribution is -2.49. The summed E-state index contributed by atoms with van der Waals surface area (Å²) >= 11 is 0. The van der Waals surface area contributed by atoms with Crippen molar-refractivity contribution in [2.45, 2.75) is 192 Å². The zero-order valence-corrected chi connectivity index (χ0v) is 76.5. The molecule has 0 aliphatic rings. The lowest BCUT2D eigenvalue weighted by Gasteiger charge is -2.28. The van der Waals surface area contributed by atoms with Crippen LogP contribution in [0.2, 0.25) is 0 Å². The van der Waals surface area contributed by atoms with Gasteiger partial charge >= 0.3 is 0 Å². The van der Waals surface area contributed by atoms with E-state index < -0.39 is 30.5 Å². The third kappa shape index (κ3) is 75.4. The van der Waals surface area contributed by atoms with Crippen LogP contribution in [0.1, 0.15) is 162 Å². The number of hydrogen-bond donors (Lipinski definition) is 26. The molecule has 0 radical (unpaired) electrons. The summed E-state index contributed by atoms with van der Waals surface area (Å²) in [6, 6.07) is -2.45. The molecule has 0 rings (SSSR count). The van der Waals surface area contributed by atoms with Crippen molar-refractivity contribution in [1.82, 2.24) is 82.6 Å². The first kappa shape index (κ1) is 116. The van der Waals surface area contributed by atoms with Gasteiger partial charge in [-0.1, -0.05) is 40.9 Å². The van der Waals surface area contributed by atoms with E-state index in [0.717, 1.165) is 231 Å². The maximum absolute atomic E-state index is 12.8. The molecule has 0 aromatic heterocycles. The molecule has 122 heavy (non-hydrogen) atoms. The quantitative estimate of drug-likeness (QED) is 0.00888. The van der Waals surface area contributed by atoms with Crippen LogP contribution in [0.4, 0.5) is 0 Å². The first-order valence-electron chi connectivity index (χ1n) is 44.9. The Morgan fingerprint density at radius 3 is 1.19 bits per heavy atom. The fraction of sp³-hybridized carbons (Fsp3) is 0.861. The summed E-state index contributed by atoms with van der Waals surface area (Å²) in [5, 5.41) is 47.9. The van der Waals surface area contributed by atoms with Gasteiger partial charge in [0.15, 0.2) is 11.9 Å². The minimum absolute atomic E-state index is 0.0134. The van der Waals surface area contributed by atoms with E-state index in [1.807, 2.05) is 21.6 Å². The van der Waals surface area contributed by atoms with Crippen LogP contribution >= 0.6 is 21.6 Å². The van der Waals surface area contributed by atoms with Crippen molar-refractivity contribution in [3.05, 3.63) is 0 Å². The van der Waals surface area contributed by atoms with Crippen LogP contribution in [-0.2, 0) is 28.8 Å². The van der Waals surface area contributed by atoms with E-state index in [1.165, 1.54) is 6.92 Å². The van der Waals surface area contributed by atoms with Gasteiger partial charge in [0.2, 0.25) is 29.5 Å². The Morgan fingerprint density at radius 1 is 0.336 bits per heavy atom. The minimum atomic E-state index is -0.669. The number of hydrogen-bond acceptors (Lipinski definition) is 32. The summed E-state index contributed by atoms with van der Waals surface area (Å²) < 4.78 is 0. The Hall–Kier alpha value is -5.89. The monoisotopic (exact) mass is 1770 g/mol. The maximum Gasteiger partial charge on any atom is 0.237 e. The molecule has 0 spiro atoms. The number of carbonyl (C=O) groups is 6. The molecule has 41 nitrogen and oxygen atoms in total. The molecule has 0 aromatic carbocycles. The van der Waals surface area contributed by atoms with Crippen molar-refractivity contribution in [3.8, 4) is 0 Å². The number of rotatable bonds is 89. The van der Waals surface area contributed by atoms with Gasteiger partial charge in [0.25, 0.3) is 0 Å². The average molecular weight is 1770 g/mol.